The molecule has 1 atom stereocenters. The molecule has 0 spiro atoms. The van der Waals surface area contributed by atoms with Crippen molar-refractivity contribution in [2.75, 3.05) is 46.4 Å². The van der Waals surface area contributed by atoms with Crippen molar-refractivity contribution in [1.82, 2.24) is 15.1 Å². The molecule has 2 aromatic rings. The second kappa shape index (κ2) is 8.15. The zero-order valence-corrected chi connectivity index (χ0v) is 15.8. The topological polar surface area (TPSA) is 58.0 Å². The number of fused-ring (bicyclic) bond motifs is 1. The summed E-state index contributed by atoms with van der Waals surface area (Å²) in [6, 6.07) is 11.8. The van der Waals surface area contributed by atoms with E-state index in [0.29, 0.717) is 18.9 Å². The van der Waals surface area contributed by atoms with Crippen LogP contribution in [0.3, 0.4) is 0 Å². The molecule has 6 heteroatoms. The zero-order chi connectivity index (χ0) is 18.6. The first-order valence-electron chi connectivity index (χ1n) is 9.66. The van der Waals surface area contributed by atoms with Gasteiger partial charge in [-0.25, -0.2) is 0 Å². The molecule has 1 N–H and O–H groups in total. The second-order valence-electron chi connectivity index (χ2n) is 7.54. The number of furan rings is 1. The Labute approximate surface area is 160 Å². The molecule has 3 heterocycles. The van der Waals surface area contributed by atoms with Crippen LogP contribution >= 0.6 is 0 Å². The van der Waals surface area contributed by atoms with Crippen LogP contribution in [0.25, 0.3) is 0 Å². The van der Waals surface area contributed by atoms with Crippen molar-refractivity contribution in [3.05, 3.63) is 53.5 Å². The van der Waals surface area contributed by atoms with E-state index in [1.165, 1.54) is 5.56 Å². The van der Waals surface area contributed by atoms with E-state index in [1.54, 1.807) is 6.07 Å². The number of carbonyl (C=O) groups is 1. The number of hydrogen-bond acceptors (Lipinski definition) is 5. The SMILES string of the molecule is CN1CCN(Cc2ccc(C(=O)NCC3COc4ccccc4C3)o2)CC1. The fourth-order valence-corrected chi connectivity index (χ4v) is 3.66. The van der Waals surface area contributed by atoms with Crippen molar-refractivity contribution in [1.29, 1.82) is 0 Å². The van der Waals surface area contributed by atoms with E-state index in [0.717, 1.165) is 50.7 Å². The van der Waals surface area contributed by atoms with Crippen LogP contribution in [-0.2, 0) is 13.0 Å². The third kappa shape index (κ3) is 4.51. The Balaban J connectivity index is 1.26. The molecule has 1 amide bonds. The van der Waals surface area contributed by atoms with Crippen molar-refractivity contribution in [3.63, 3.8) is 0 Å². The van der Waals surface area contributed by atoms with Crippen molar-refractivity contribution in [3.8, 4) is 5.75 Å². The minimum atomic E-state index is -0.154. The number of hydrogen-bond donors (Lipinski definition) is 1. The van der Waals surface area contributed by atoms with E-state index >= 15 is 0 Å². The molecular formula is C21H27N3O3. The summed E-state index contributed by atoms with van der Waals surface area (Å²) in [5.41, 5.74) is 1.20. The van der Waals surface area contributed by atoms with Crippen molar-refractivity contribution in [2.45, 2.75) is 13.0 Å². The maximum absolute atomic E-state index is 12.4. The lowest BCUT2D eigenvalue weighted by atomic mass is 9.97. The molecule has 2 aliphatic heterocycles. The Morgan fingerprint density at radius 3 is 2.81 bits per heavy atom. The summed E-state index contributed by atoms with van der Waals surface area (Å²) >= 11 is 0. The van der Waals surface area contributed by atoms with E-state index in [9.17, 15) is 4.79 Å². The van der Waals surface area contributed by atoms with Crippen molar-refractivity contribution in [2.24, 2.45) is 5.92 Å². The van der Waals surface area contributed by atoms with Gasteiger partial charge in [0.05, 0.1) is 13.2 Å². The van der Waals surface area contributed by atoms with Gasteiger partial charge < -0.3 is 19.4 Å². The molecule has 0 saturated carbocycles. The van der Waals surface area contributed by atoms with E-state index in [1.807, 2.05) is 24.3 Å². The minimum absolute atomic E-state index is 0.154. The molecular weight excluding hydrogens is 342 g/mol. The molecule has 0 bridgehead atoms. The maximum atomic E-state index is 12.4. The Morgan fingerprint density at radius 2 is 1.96 bits per heavy atom. The summed E-state index contributed by atoms with van der Waals surface area (Å²) in [6.07, 6.45) is 0.920. The molecule has 1 saturated heterocycles. The number of para-hydroxylation sites is 1. The normalized spacial score (nSPS) is 20.7. The van der Waals surface area contributed by atoms with Gasteiger partial charge in [0.15, 0.2) is 5.76 Å². The van der Waals surface area contributed by atoms with Gasteiger partial charge in [0, 0.05) is 38.6 Å². The summed E-state index contributed by atoms with van der Waals surface area (Å²) in [5.74, 6) is 2.32. The van der Waals surface area contributed by atoms with Gasteiger partial charge >= 0.3 is 0 Å². The molecule has 1 fully saturated rings. The van der Waals surface area contributed by atoms with Crippen LogP contribution in [0.15, 0.2) is 40.8 Å². The molecule has 0 aliphatic carbocycles. The molecule has 6 nitrogen and oxygen atoms in total. The maximum Gasteiger partial charge on any atom is 0.287 e. The number of likely N-dealkylation sites (N-methyl/N-ethyl adjacent to an activating group) is 1. The number of amides is 1. The van der Waals surface area contributed by atoms with Crippen molar-refractivity contribution >= 4 is 5.91 Å². The summed E-state index contributed by atoms with van der Waals surface area (Å²) in [7, 11) is 2.14. The lowest BCUT2D eigenvalue weighted by Gasteiger charge is -2.31. The highest BCUT2D eigenvalue weighted by atomic mass is 16.5. The minimum Gasteiger partial charge on any atom is -0.493 e. The number of benzene rings is 1. The molecule has 27 heavy (non-hydrogen) atoms. The van der Waals surface area contributed by atoms with Crippen LogP contribution < -0.4 is 10.1 Å². The van der Waals surface area contributed by atoms with E-state index < -0.39 is 0 Å². The fraction of sp³-hybridized carbons (Fsp3) is 0.476. The molecule has 144 valence electrons. The molecule has 4 rings (SSSR count). The monoisotopic (exact) mass is 369 g/mol. The molecule has 0 radical (unpaired) electrons. The Bertz CT molecular complexity index is 780. The van der Waals surface area contributed by atoms with Crippen LogP contribution in [0.5, 0.6) is 5.75 Å². The van der Waals surface area contributed by atoms with Gasteiger partial charge in [-0.3, -0.25) is 9.69 Å². The quantitative estimate of drug-likeness (QED) is 0.874. The number of carbonyl (C=O) groups excluding carboxylic acids is 1. The second-order valence-corrected chi connectivity index (χ2v) is 7.54. The predicted octanol–water partition coefficient (Wildman–Crippen LogP) is 2.01. The summed E-state index contributed by atoms with van der Waals surface area (Å²) < 4.78 is 11.6. The highest BCUT2D eigenvalue weighted by Gasteiger charge is 2.21. The van der Waals surface area contributed by atoms with Gasteiger partial charge in [-0.1, -0.05) is 18.2 Å². The number of rotatable bonds is 5. The first-order chi connectivity index (χ1) is 13.2. The highest BCUT2D eigenvalue weighted by Crippen LogP contribution is 2.26. The first kappa shape index (κ1) is 18.1. The fourth-order valence-electron chi connectivity index (χ4n) is 3.66. The third-order valence-electron chi connectivity index (χ3n) is 5.37. The Kier molecular flexibility index (Phi) is 5.45. The third-order valence-corrected chi connectivity index (χ3v) is 5.37. The predicted molar refractivity (Wildman–Crippen MR) is 103 cm³/mol. The summed E-state index contributed by atoms with van der Waals surface area (Å²) in [5, 5.41) is 2.99. The Hall–Kier alpha value is -2.31. The van der Waals surface area contributed by atoms with Gasteiger partial charge in [-0.2, -0.15) is 0 Å². The van der Waals surface area contributed by atoms with Crippen LogP contribution in [0.1, 0.15) is 21.9 Å². The smallest absolute Gasteiger partial charge is 0.287 e. The molecule has 2 aliphatic rings. The van der Waals surface area contributed by atoms with Crippen LogP contribution in [-0.4, -0.2) is 62.1 Å². The standard InChI is InChI=1S/C21H27N3O3/c1-23-8-10-24(11-9-23)14-18-6-7-20(27-18)21(25)22-13-16-12-17-4-2-3-5-19(17)26-15-16/h2-7,16H,8-15H2,1H3,(H,22,25). The number of nitrogens with one attached hydrogen (secondary N) is 1. The number of piperazine rings is 1. The first-order valence-corrected chi connectivity index (χ1v) is 9.66. The van der Waals surface area contributed by atoms with Gasteiger partial charge in [0.2, 0.25) is 0 Å². The van der Waals surface area contributed by atoms with E-state index in [-0.39, 0.29) is 11.8 Å². The highest BCUT2D eigenvalue weighted by molar-refractivity contribution is 5.91. The molecule has 1 unspecified atom stereocenters. The summed E-state index contributed by atoms with van der Waals surface area (Å²) in [6.45, 7) is 6.17. The number of ether oxygens (including phenoxy) is 1. The molecule has 1 aromatic heterocycles. The lowest BCUT2D eigenvalue weighted by molar-refractivity contribution is 0.0904. The Morgan fingerprint density at radius 1 is 1.15 bits per heavy atom. The van der Waals surface area contributed by atoms with Gasteiger partial charge in [-0.15, -0.1) is 0 Å². The largest absolute Gasteiger partial charge is 0.493 e. The van der Waals surface area contributed by atoms with Crippen LogP contribution in [0.4, 0.5) is 0 Å². The van der Waals surface area contributed by atoms with Crippen LogP contribution in [0, 0.1) is 5.92 Å². The molecule has 1 aromatic carbocycles. The van der Waals surface area contributed by atoms with Gasteiger partial charge in [0.1, 0.15) is 11.5 Å². The van der Waals surface area contributed by atoms with Gasteiger partial charge in [0.25, 0.3) is 5.91 Å². The van der Waals surface area contributed by atoms with Crippen LogP contribution in [0.2, 0.25) is 0 Å². The lowest BCUT2D eigenvalue weighted by Crippen LogP contribution is -2.43. The summed E-state index contributed by atoms with van der Waals surface area (Å²) in [4.78, 5) is 17.1. The average Bonchev–Trinajstić information content (AvgIpc) is 3.16. The van der Waals surface area contributed by atoms with E-state index in [2.05, 4.69) is 28.2 Å². The average molecular weight is 369 g/mol. The zero-order valence-electron chi connectivity index (χ0n) is 15.8. The number of nitrogens with zero attached hydrogens (tertiary/aromatic N) is 2. The van der Waals surface area contributed by atoms with E-state index in [4.69, 9.17) is 9.15 Å². The van der Waals surface area contributed by atoms with Crippen molar-refractivity contribution < 1.29 is 13.9 Å². The van der Waals surface area contributed by atoms with Gasteiger partial charge in [-0.05, 0) is 37.2 Å².